The minimum Gasteiger partial charge on any atom is -0.462 e. The molecule has 3 aromatic heterocycles. The van der Waals surface area contributed by atoms with Crippen molar-refractivity contribution < 1.29 is 23.5 Å². The molecule has 0 saturated carbocycles. The fraction of sp³-hybridized carbons (Fsp3) is 0.269. The van der Waals surface area contributed by atoms with Gasteiger partial charge in [-0.2, -0.15) is 4.99 Å². The summed E-state index contributed by atoms with van der Waals surface area (Å²) < 4.78 is 27.4. The highest BCUT2D eigenvalue weighted by Gasteiger charge is 2.24. The predicted molar refractivity (Wildman–Crippen MR) is 128 cm³/mol. The van der Waals surface area contributed by atoms with E-state index in [1.54, 1.807) is 35.9 Å². The van der Waals surface area contributed by atoms with Crippen LogP contribution >= 0.6 is 0 Å². The molecule has 5 rings (SSSR count). The largest absolute Gasteiger partial charge is 0.462 e. The smallest absolute Gasteiger partial charge is 0.341 e. The predicted octanol–water partition coefficient (Wildman–Crippen LogP) is 2.89. The van der Waals surface area contributed by atoms with Crippen molar-refractivity contribution in [3.05, 3.63) is 87.5 Å². The quantitative estimate of drug-likeness (QED) is 0.315. The number of carbonyl (C=O) groups excluding carboxylic acids is 2. The average molecular weight is 490 g/mol. The summed E-state index contributed by atoms with van der Waals surface area (Å²) in [6.45, 7) is 2.54. The molecule has 10 heteroatoms. The molecule has 1 atom stereocenters. The zero-order valence-corrected chi connectivity index (χ0v) is 19.5. The molecule has 36 heavy (non-hydrogen) atoms. The van der Waals surface area contributed by atoms with Crippen LogP contribution < -0.4 is 11.0 Å². The summed E-state index contributed by atoms with van der Waals surface area (Å²) >= 11 is 0. The van der Waals surface area contributed by atoms with Gasteiger partial charge in [-0.15, -0.1) is 0 Å². The highest BCUT2D eigenvalue weighted by molar-refractivity contribution is 5.97. The van der Waals surface area contributed by atoms with Crippen LogP contribution in [0.15, 0.2) is 64.5 Å². The second-order valence-corrected chi connectivity index (χ2v) is 8.35. The lowest BCUT2D eigenvalue weighted by Crippen LogP contribution is -2.35. The van der Waals surface area contributed by atoms with Gasteiger partial charge in [0.25, 0.3) is 11.5 Å². The third-order valence-corrected chi connectivity index (χ3v) is 5.99. The zero-order chi connectivity index (χ0) is 25.2. The van der Waals surface area contributed by atoms with Gasteiger partial charge < -0.3 is 14.0 Å². The summed E-state index contributed by atoms with van der Waals surface area (Å²) in [5.74, 6) is -1.91. The fourth-order valence-electron chi connectivity index (χ4n) is 4.28. The average Bonchev–Trinajstić information content (AvgIpc) is 3.39. The van der Waals surface area contributed by atoms with Gasteiger partial charge in [-0.05, 0) is 62.2 Å². The number of carbonyl (C=O) groups is 2. The Morgan fingerprint density at radius 3 is 2.75 bits per heavy atom. The summed E-state index contributed by atoms with van der Waals surface area (Å²) in [6.07, 6.45) is 2.99. The lowest BCUT2D eigenvalue weighted by molar-refractivity contribution is 0.0521. The Balaban J connectivity index is 1.85. The van der Waals surface area contributed by atoms with E-state index in [1.807, 2.05) is 0 Å². The molecule has 1 fully saturated rings. The summed E-state index contributed by atoms with van der Waals surface area (Å²) in [6, 6.07) is 11.5. The molecule has 0 N–H and O–H groups in total. The number of amides is 1. The van der Waals surface area contributed by atoms with Gasteiger partial charge in [0.1, 0.15) is 22.7 Å². The number of hydrogen-bond donors (Lipinski definition) is 0. The van der Waals surface area contributed by atoms with Gasteiger partial charge in [-0.1, -0.05) is 6.07 Å². The summed E-state index contributed by atoms with van der Waals surface area (Å²) in [7, 11) is 0. The second kappa shape index (κ2) is 9.82. The van der Waals surface area contributed by atoms with Crippen LogP contribution in [-0.2, 0) is 16.0 Å². The number of benzene rings is 1. The summed E-state index contributed by atoms with van der Waals surface area (Å²) in [5.41, 5.74) is 0.377. The van der Waals surface area contributed by atoms with Crippen molar-refractivity contribution in [2.24, 2.45) is 4.99 Å². The van der Waals surface area contributed by atoms with Crippen LogP contribution in [0.3, 0.4) is 0 Å². The molecule has 0 aliphatic carbocycles. The van der Waals surface area contributed by atoms with Crippen LogP contribution in [0.2, 0.25) is 0 Å². The van der Waals surface area contributed by atoms with Crippen LogP contribution in [0.1, 0.15) is 40.5 Å². The SMILES string of the molecule is CCOC(=O)c1cc2c(=O)n3ccccc3nc2n(C[C@H]2CCCO2)c1=NC(=O)c1ccc(F)cc1. The van der Waals surface area contributed by atoms with Gasteiger partial charge in [-0.25, -0.2) is 14.2 Å². The molecule has 0 spiro atoms. The van der Waals surface area contributed by atoms with Crippen LogP contribution in [0, 0.1) is 5.82 Å². The number of hydrogen-bond acceptors (Lipinski definition) is 6. The maximum atomic E-state index is 13.4. The lowest BCUT2D eigenvalue weighted by atomic mass is 10.1. The standard InChI is InChI=1S/C26H23FN4O5/c1-2-35-26(34)20-14-19-22(28-21-7-3-4-12-30(21)25(19)33)31(15-18-6-5-13-36-18)23(20)29-24(32)16-8-10-17(27)11-9-16/h3-4,7-12,14,18H,2,5-6,13,15H2,1H3/t18-/m1/s1. The number of pyridine rings is 2. The van der Waals surface area contributed by atoms with Crippen molar-refractivity contribution >= 4 is 28.6 Å². The minimum absolute atomic E-state index is 0.00189. The minimum atomic E-state index is -0.733. The number of aromatic nitrogens is 3. The molecule has 4 heterocycles. The normalized spacial score (nSPS) is 16.1. The van der Waals surface area contributed by atoms with Crippen LogP contribution in [0.4, 0.5) is 4.39 Å². The van der Waals surface area contributed by atoms with Crippen molar-refractivity contribution in [2.75, 3.05) is 13.2 Å². The van der Waals surface area contributed by atoms with Crippen LogP contribution in [-0.4, -0.2) is 45.1 Å². The van der Waals surface area contributed by atoms with Crippen LogP contribution in [0.25, 0.3) is 16.7 Å². The number of esters is 1. The van der Waals surface area contributed by atoms with E-state index in [-0.39, 0.29) is 52.5 Å². The molecule has 1 aromatic carbocycles. The molecule has 0 unspecified atom stereocenters. The van der Waals surface area contributed by atoms with E-state index in [0.29, 0.717) is 12.3 Å². The van der Waals surface area contributed by atoms with Gasteiger partial charge in [0, 0.05) is 18.4 Å². The molecule has 4 aromatic rings. The maximum absolute atomic E-state index is 13.4. The van der Waals surface area contributed by atoms with Gasteiger partial charge in [0.2, 0.25) is 0 Å². The highest BCUT2D eigenvalue weighted by atomic mass is 19.1. The van der Waals surface area contributed by atoms with Crippen molar-refractivity contribution in [3.63, 3.8) is 0 Å². The number of halogens is 1. The number of rotatable bonds is 5. The summed E-state index contributed by atoms with van der Waals surface area (Å²) in [4.78, 5) is 48.4. The Kier molecular flexibility index (Phi) is 6.43. The van der Waals surface area contributed by atoms with E-state index in [0.717, 1.165) is 25.0 Å². The zero-order valence-electron chi connectivity index (χ0n) is 19.5. The van der Waals surface area contributed by atoms with Crippen molar-refractivity contribution in [2.45, 2.75) is 32.4 Å². The van der Waals surface area contributed by atoms with Crippen molar-refractivity contribution in [1.82, 2.24) is 14.0 Å². The Hall–Kier alpha value is -4.18. The number of ether oxygens (including phenoxy) is 2. The molecule has 1 aliphatic rings. The van der Waals surface area contributed by atoms with E-state index in [1.165, 1.54) is 22.6 Å². The topological polar surface area (TPSA) is 104 Å². The van der Waals surface area contributed by atoms with Gasteiger partial charge in [-0.3, -0.25) is 14.0 Å². The highest BCUT2D eigenvalue weighted by Crippen LogP contribution is 2.17. The maximum Gasteiger partial charge on any atom is 0.341 e. The van der Waals surface area contributed by atoms with Crippen molar-refractivity contribution in [1.29, 1.82) is 0 Å². The summed E-state index contributed by atoms with van der Waals surface area (Å²) in [5, 5.41) is 0.174. The number of nitrogens with zero attached hydrogens (tertiary/aromatic N) is 4. The molecule has 1 saturated heterocycles. The third kappa shape index (κ3) is 4.42. The molecule has 1 amide bonds. The van der Waals surface area contributed by atoms with E-state index in [9.17, 15) is 18.8 Å². The molecule has 9 nitrogen and oxygen atoms in total. The van der Waals surface area contributed by atoms with Crippen LogP contribution in [0.5, 0.6) is 0 Å². The fourth-order valence-corrected chi connectivity index (χ4v) is 4.28. The molecule has 0 bridgehead atoms. The van der Waals surface area contributed by atoms with Gasteiger partial charge >= 0.3 is 5.97 Å². The van der Waals surface area contributed by atoms with Gasteiger partial charge in [0.05, 0.1) is 24.6 Å². The molecule has 1 aliphatic heterocycles. The van der Waals surface area contributed by atoms with E-state index < -0.39 is 17.7 Å². The molecule has 184 valence electrons. The first kappa shape index (κ1) is 23.6. The first-order valence-electron chi connectivity index (χ1n) is 11.6. The third-order valence-electron chi connectivity index (χ3n) is 5.99. The molecule has 0 radical (unpaired) electrons. The van der Waals surface area contributed by atoms with E-state index in [2.05, 4.69) is 9.98 Å². The van der Waals surface area contributed by atoms with Gasteiger partial charge in [0.15, 0.2) is 5.49 Å². The lowest BCUT2D eigenvalue weighted by Gasteiger charge is -2.18. The first-order valence-corrected chi connectivity index (χ1v) is 11.6. The first-order chi connectivity index (χ1) is 17.5. The second-order valence-electron chi connectivity index (χ2n) is 8.35. The number of fused-ring (bicyclic) bond motifs is 2. The molecular weight excluding hydrogens is 467 g/mol. The van der Waals surface area contributed by atoms with Crippen molar-refractivity contribution in [3.8, 4) is 0 Å². The van der Waals surface area contributed by atoms with E-state index >= 15 is 0 Å². The Labute approximate surface area is 204 Å². The molecular formula is C26H23FN4O5. The Morgan fingerprint density at radius 2 is 2.03 bits per heavy atom. The Bertz CT molecular complexity index is 1600. The van der Waals surface area contributed by atoms with E-state index in [4.69, 9.17) is 9.47 Å². The Morgan fingerprint density at radius 1 is 1.22 bits per heavy atom. The monoisotopic (exact) mass is 490 g/mol.